The maximum atomic E-state index is 6.05. The van der Waals surface area contributed by atoms with E-state index in [2.05, 4.69) is 44.5 Å². The Kier molecular flexibility index (Phi) is 4.94. The van der Waals surface area contributed by atoms with Crippen molar-refractivity contribution in [2.24, 2.45) is 5.73 Å². The minimum atomic E-state index is 0.251. The van der Waals surface area contributed by atoms with Crippen molar-refractivity contribution < 1.29 is 0 Å². The molecule has 1 aliphatic rings. The first-order valence-electron chi connectivity index (χ1n) is 6.17. The molecule has 0 aromatic carbocycles. The third kappa shape index (κ3) is 2.34. The van der Waals surface area contributed by atoms with E-state index in [1.54, 1.807) is 0 Å². The highest BCUT2D eigenvalue weighted by molar-refractivity contribution is 8.00. The second-order valence-corrected chi connectivity index (χ2v) is 6.10. The summed E-state index contributed by atoms with van der Waals surface area (Å²) in [5.41, 5.74) is 6.30. The summed E-state index contributed by atoms with van der Waals surface area (Å²) in [6.07, 6.45) is 3.71. The zero-order valence-electron chi connectivity index (χ0n) is 10.6. The van der Waals surface area contributed by atoms with Crippen molar-refractivity contribution in [3.8, 4) is 0 Å². The van der Waals surface area contributed by atoms with E-state index in [0.717, 1.165) is 6.54 Å². The zero-order chi connectivity index (χ0) is 11.5. The van der Waals surface area contributed by atoms with Gasteiger partial charge in [0.2, 0.25) is 0 Å². The molecule has 1 fully saturated rings. The standard InChI is InChI=1S/C12H26N2S/c1-5-11(6-2)14(4)12(9-13)7-8-15-10(12)3/h10-11H,5-9,13H2,1-4H3. The van der Waals surface area contributed by atoms with Crippen LogP contribution in [0.1, 0.15) is 40.0 Å². The average Bonchev–Trinajstić information content (AvgIpc) is 2.62. The largest absolute Gasteiger partial charge is 0.329 e. The Morgan fingerprint density at radius 3 is 2.40 bits per heavy atom. The van der Waals surface area contributed by atoms with Crippen LogP contribution in [0.3, 0.4) is 0 Å². The van der Waals surface area contributed by atoms with Gasteiger partial charge in [-0.1, -0.05) is 20.8 Å². The minimum absolute atomic E-state index is 0.251. The molecule has 0 aromatic heterocycles. The van der Waals surface area contributed by atoms with Crippen LogP contribution < -0.4 is 5.73 Å². The van der Waals surface area contributed by atoms with Crippen molar-refractivity contribution >= 4 is 11.8 Å². The molecule has 0 spiro atoms. The molecule has 0 amide bonds. The molecule has 0 radical (unpaired) electrons. The van der Waals surface area contributed by atoms with E-state index < -0.39 is 0 Å². The summed E-state index contributed by atoms with van der Waals surface area (Å²) >= 11 is 2.07. The molecular weight excluding hydrogens is 204 g/mol. The summed E-state index contributed by atoms with van der Waals surface area (Å²) in [7, 11) is 2.27. The van der Waals surface area contributed by atoms with Crippen molar-refractivity contribution in [1.82, 2.24) is 4.90 Å². The first-order chi connectivity index (χ1) is 7.12. The molecule has 0 bridgehead atoms. The van der Waals surface area contributed by atoms with Gasteiger partial charge in [-0.2, -0.15) is 11.8 Å². The molecular formula is C12H26N2S. The van der Waals surface area contributed by atoms with Gasteiger partial charge in [0, 0.05) is 23.4 Å². The van der Waals surface area contributed by atoms with Gasteiger partial charge in [0.25, 0.3) is 0 Å². The van der Waals surface area contributed by atoms with Gasteiger partial charge in [-0.05, 0) is 32.1 Å². The van der Waals surface area contributed by atoms with Gasteiger partial charge >= 0.3 is 0 Å². The predicted octanol–water partition coefficient (Wildman–Crippen LogP) is 2.33. The molecule has 1 rings (SSSR count). The van der Waals surface area contributed by atoms with E-state index in [4.69, 9.17) is 5.73 Å². The summed E-state index contributed by atoms with van der Waals surface area (Å²) < 4.78 is 0. The summed E-state index contributed by atoms with van der Waals surface area (Å²) in [6, 6.07) is 0.690. The van der Waals surface area contributed by atoms with Crippen LogP contribution in [-0.2, 0) is 0 Å². The molecule has 0 aliphatic carbocycles. The zero-order valence-corrected chi connectivity index (χ0v) is 11.4. The highest BCUT2D eigenvalue weighted by Crippen LogP contribution is 2.40. The molecule has 15 heavy (non-hydrogen) atoms. The monoisotopic (exact) mass is 230 g/mol. The number of rotatable bonds is 5. The van der Waals surface area contributed by atoms with Gasteiger partial charge in [0.1, 0.15) is 0 Å². The Balaban J connectivity index is 2.80. The van der Waals surface area contributed by atoms with Crippen molar-refractivity contribution in [2.45, 2.75) is 56.9 Å². The van der Waals surface area contributed by atoms with Crippen LogP contribution in [0.4, 0.5) is 0 Å². The van der Waals surface area contributed by atoms with E-state index in [1.807, 2.05) is 0 Å². The fourth-order valence-electron chi connectivity index (χ4n) is 2.85. The SMILES string of the molecule is CCC(CC)N(C)C1(CN)CCSC1C. The molecule has 90 valence electrons. The number of hydrogen-bond donors (Lipinski definition) is 1. The topological polar surface area (TPSA) is 29.3 Å². The maximum Gasteiger partial charge on any atom is 0.0455 e. The molecule has 2 unspecified atom stereocenters. The van der Waals surface area contributed by atoms with Gasteiger partial charge < -0.3 is 5.73 Å². The Morgan fingerprint density at radius 1 is 1.47 bits per heavy atom. The lowest BCUT2D eigenvalue weighted by molar-refractivity contribution is 0.0755. The van der Waals surface area contributed by atoms with Crippen molar-refractivity contribution in [3.63, 3.8) is 0 Å². The van der Waals surface area contributed by atoms with Gasteiger partial charge in [0.15, 0.2) is 0 Å². The van der Waals surface area contributed by atoms with Gasteiger partial charge in [-0.3, -0.25) is 4.90 Å². The van der Waals surface area contributed by atoms with Crippen LogP contribution in [0.5, 0.6) is 0 Å². The number of nitrogens with two attached hydrogens (primary N) is 1. The molecule has 2 atom stereocenters. The third-order valence-corrected chi connectivity index (χ3v) is 5.58. The molecule has 1 saturated heterocycles. The smallest absolute Gasteiger partial charge is 0.0455 e. The Bertz CT molecular complexity index is 194. The lowest BCUT2D eigenvalue weighted by Gasteiger charge is -2.45. The fourth-order valence-corrected chi connectivity index (χ4v) is 4.36. The second kappa shape index (κ2) is 5.55. The van der Waals surface area contributed by atoms with E-state index in [1.165, 1.54) is 25.0 Å². The van der Waals surface area contributed by atoms with Crippen molar-refractivity contribution in [3.05, 3.63) is 0 Å². The highest BCUT2D eigenvalue weighted by Gasteiger charge is 2.44. The maximum absolute atomic E-state index is 6.05. The molecule has 2 nitrogen and oxygen atoms in total. The number of likely N-dealkylation sites (N-methyl/N-ethyl adjacent to an activating group) is 1. The number of nitrogens with zero attached hydrogens (tertiary/aromatic N) is 1. The number of hydrogen-bond acceptors (Lipinski definition) is 3. The molecule has 3 heteroatoms. The lowest BCUT2D eigenvalue weighted by atomic mass is 9.88. The summed E-state index contributed by atoms with van der Waals surface area (Å²) in [6.45, 7) is 7.70. The van der Waals surface area contributed by atoms with E-state index >= 15 is 0 Å². The highest BCUT2D eigenvalue weighted by atomic mass is 32.2. The quantitative estimate of drug-likeness (QED) is 0.786. The van der Waals surface area contributed by atoms with Gasteiger partial charge in [-0.15, -0.1) is 0 Å². The van der Waals surface area contributed by atoms with Crippen LogP contribution in [0.2, 0.25) is 0 Å². The summed E-state index contributed by atoms with van der Waals surface area (Å²) in [5.74, 6) is 1.27. The predicted molar refractivity (Wildman–Crippen MR) is 70.5 cm³/mol. The summed E-state index contributed by atoms with van der Waals surface area (Å²) in [4.78, 5) is 2.57. The van der Waals surface area contributed by atoms with E-state index in [9.17, 15) is 0 Å². The Hall–Kier alpha value is 0.270. The van der Waals surface area contributed by atoms with Crippen LogP contribution >= 0.6 is 11.8 Å². The van der Waals surface area contributed by atoms with Crippen molar-refractivity contribution in [2.75, 3.05) is 19.3 Å². The first-order valence-corrected chi connectivity index (χ1v) is 7.21. The summed E-state index contributed by atoms with van der Waals surface area (Å²) in [5, 5.41) is 0.674. The molecule has 1 heterocycles. The minimum Gasteiger partial charge on any atom is -0.329 e. The third-order valence-electron chi connectivity index (χ3n) is 4.21. The second-order valence-electron chi connectivity index (χ2n) is 4.65. The van der Waals surface area contributed by atoms with E-state index in [-0.39, 0.29) is 5.54 Å². The van der Waals surface area contributed by atoms with Crippen molar-refractivity contribution in [1.29, 1.82) is 0 Å². The fraction of sp³-hybridized carbons (Fsp3) is 1.00. The lowest BCUT2D eigenvalue weighted by Crippen LogP contribution is -2.59. The van der Waals surface area contributed by atoms with E-state index in [0.29, 0.717) is 11.3 Å². The van der Waals surface area contributed by atoms with Crippen LogP contribution in [-0.4, -0.2) is 41.1 Å². The molecule has 0 saturated carbocycles. The van der Waals surface area contributed by atoms with Crippen LogP contribution in [0.15, 0.2) is 0 Å². The number of thioether (sulfide) groups is 1. The van der Waals surface area contributed by atoms with Gasteiger partial charge in [0.05, 0.1) is 0 Å². The van der Waals surface area contributed by atoms with Gasteiger partial charge in [-0.25, -0.2) is 0 Å². The molecule has 1 aliphatic heterocycles. The average molecular weight is 230 g/mol. The van der Waals surface area contributed by atoms with Crippen LogP contribution in [0.25, 0.3) is 0 Å². The normalized spacial score (nSPS) is 31.8. The Morgan fingerprint density at radius 2 is 2.07 bits per heavy atom. The first kappa shape index (κ1) is 13.3. The molecule has 0 aromatic rings. The van der Waals surface area contributed by atoms with Crippen LogP contribution in [0, 0.1) is 0 Å². The molecule has 2 N–H and O–H groups in total. The Labute approximate surface area is 99.0 Å².